The molecule has 2 amide bonds. The van der Waals surface area contributed by atoms with Gasteiger partial charge in [-0.15, -0.1) is 0 Å². The predicted octanol–water partition coefficient (Wildman–Crippen LogP) is 2.31. The summed E-state index contributed by atoms with van der Waals surface area (Å²) < 4.78 is 0. The standard InChI is InChI=1S/C18H15N3O3/c1-19-12-6-8-13(9-7-12)20-10-14(22)11-21-17(23)15-4-2-3-5-16(15)18(21)24/h2-9,14,20,22H,10-11H2/t14-/m1/s1. The Balaban J connectivity index is 1.59. The summed E-state index contributed by atoms with van der Waals surface area (Å²) in [6.45, 7) is 7.01. The maximum atomic E-state index is 12.2. The second kappa shape index (κ2) is 6.52. The van der Waals surface area contributed by atoms with Crippen LogP contribution in [0.25, 0.3) is 4.85 Å². The zero-order chi connectivity index (χ0) is 17.1. The Morgan fingerprint density at radius 1 is 1.04 bits per heavy atom. The van der Waals surface area contributed by atoms with Crippen LogP contribution in [0.4, 0.5) is 11.4 Å². The molecule has 1 aliphatic rings. The number of aliphatic hydroxyl groups is 1. The summed E-state index contributed by atoms with van der Waals surface area (Å²) in [4.78, 5) is 28.8. The first-order valence-electron chi connectivity index (χ1n) is 7.45. The van der Waals surface area contributed by atoms with Gasteiger partial charge in [0.2, 0.25) is 0 Å². The number of rotatable bonds is 5. The van der Waals surface area contributed by atoms with E-state index in [2.05, 4.69) is 10.2 Å². The Morgan fingerprint density at radius 2 is 1.62 bits per heavy atom. The maximum absolute atomic E-state index is 12.2. The second-order valence-electron chi connectivity index (χ2n) is 5.46. The topological polar surface area (TPSA) is 74.0 Å². The van der Waals surface area contributed by atoms with Gasteiger partial charge in [-0.2, -0.15) is 0 Å². The number of carbonyl (C=O) groups excluding carboxylic acids is 2. The van der Waals surface area contributed by atoms with Crippen molar-refractivity contribution in [2.45, 2.75) is 6.10 Å². The largest absolute Gasteiger partial charge is 0.389 e. The Kier molecular flexibility index (Phi) is 4.27. The van der Waals surface area contributed by atoms with Crippen molar-refractivity contribution >= 4 is 23.2 Å². The summed E-state index contributed by atoms with van der Waals surface area (Å²) in [6, 6.07) is 13.5. The molecular weight excluding hydrogens is 306 g/mol. The van der Waals surface area contributed by atoms with Crippen LogP contribution in [0.15, 0.2) is 48.5 Å². The van der Waals surface area contributed by atoms with Crippen molar-refractivity contribution in [2.24, 2.45) is 0 Å². The minimum atomic E-state index is -0.896. The molecule has 3 rings (SSSR count). The summed E-state index contributed by atoms with van der Waals surface area (Å²) in [6.07, 6.45) is -0.896. The van der Waals surface area contributed by atoms with Crippen LogP contribution in [0.3, 0.4) is 0 Å². The molecule has 1 atom stereocenters. The average Bonchev–Trinajstić information content (AvgIpc) is 2.86. The Hall–Kier alpha value is -3.17. The van der Waals surface area contributed by atoms with E-state index in [9.17, 15) is 14.7 Å². The third-order valence-electron chi connectivity index (χ3n) is 3.81. The van der Waals surface area contributed by atoms with Crippen molar-refractivity contribution in [3.63, 3.8) is 0 Å². The van der Waals surface area contributed by atoms with Crippen LogP contribution in [0.1, 0.15) is 20.7 Å². The quantitative estimate of drug-likeness (QED) is 0.655. The monoisotopic (exact) mass is 321 g/mol. The number of carbonyl (C=O) groups is 2. The maximum Gasteiger partial charge on any atom is 0.261 e. The van der Waals surface area contributed by atoms with E-state index < -0.39 is 6.10 Å². The molecule has 1 aliphatic heterocycles. The third-order valence-corrected chi connectivity index (χ3v) is 3.81. The minimum Gasteiger partial charge on any atom is -0.389 e. The zero-order valence-corrected chi connectivity index (χ0v) is 12.8. The molecule has 120 valence electrons. The number of anilines is 1. The molecule has 0 spiro atoms. The lowest BCUT2D eigenvalue weighted by molar-refractivity contribution is 0.0558. The number of imide groups is 1. The van der Waals surface area contributed by atoms with Gasteiger partial charge in [-0.1, -0.05) is 24.3 Å². The molecule has 0 saturated heterocycles. The normalized spacial score (nSPS) is 14.2. The highest BCUT2D eigenvalue weighted by Gasteiger charge is 2.35. The molecule has 0 saturated carbocycles. The van der Waals surface area contributed by atoms with Crippen molar-refractivity contribution in [3.05, 3.63) is 71.1 Å². The number of hydrogen-bond acceptors (Lipinski definition) is 4. The first kappa shape index (κ1) is 15.7. The number of hydrogen-bond donors (Lipinski definition) is 2. The van der Waals surface area contributed by atoms with E-state index in [-0.39, 0.29) is 24.9 Å². The summed E-state index contributed by atoms with van der Waals surface area (Å²) in [5.74, 6) is -0.757. The summed E-state index contributed by atoms with van der Waals surface area (Å²) in [5, 5.41) is 13.1. The van der Waals surface area contributed by atoms with Crippen LogP contribution in [-0.4, -0.2) is 41.0 Å². The Labute approximate surface area is 139 Å². The lowest BCUT2D eigenvalue weighted by Crippen LogP contribution is -2.39. The molecule has 2 aromatic carbocycles. The van der Waals surface area contributed by atoms with Crippen molar-refractivity contribution in [3.8, 4) is 0 Å². The minimum absolute atomic E-state index is 0.0700. The number of benzene rings is 2. The molecule has 6 nitrogen and oxygen atoms in total. The highest BCUT2D eigenvalue weighted by atomic mass is 16.3. The van der Waals surface area contributed by atoms with Crippen molar-refractivity contribution in [1.82, 2.24) is 4.90 Å². The van der Waals surface area contributed by atoms with Gasteiger partial charge in [0.15, 0.2) is 5.69 Å². The fourth-order valence-electron chi connectivity index (χ4n) is 2.57. The first-order valence-corrected chi connectivity index (χ1v) is 7.45. The van der Waals surface area contributed by atoms with E-state index in [1.807, 2.05) is 0 Å². The highest BCUT2D eigenvalue weighted by molar-refractivity contribution is 6.21. The van der Waals surface area contributed by atoms with E-state index in [1.165, 1.54) is 0 Å². The van der Waals surface area contributed by atoms with Gasteiger partial charge in [-0.05, 0) is 24.3 Å². The van der Waals surface area contributed by atoms with Crippen LogP contribution in [0, 0.1) is 6.57 Å². The molecule has 0 bridgehead atoms. The van der Waals surface area contributed by atoms with Gasteiger partial charge in [0.1, 0.15) is 0 Å². The molecule has 24 heavy (non-hydrogen) atoms. The summed E-state index contributed by atoms with van der Waals surface area (Å²) in [5.41, 5.74) is 2.03. The molecule has 0 fully saturated rings. The predicted molar refractivity (Wildman–Crippen MR) is 89.0 cm³/mol. The van der Waals surface area contributed by atoms with Gasteiger partial charge in [0.05, 0.1) is 30.3 Å². The van der Waals surface area contributed by atoms with Crippen LogP contribution in [0.5, 0.6) is 0 Å². The number of amides is 2. The SMILES string of the molecule is [C-]#[N+]c1ccc(NC[C@@H](O)CN2C(=O)c3ccccc3C2=O)cc1. The Bertz CT molecular complexity index is 789. The van der Waals surface area contributed by atoms with Gasteiger partial charge in [0.25, 0.3) is 11.8 Å². The molecule has 0 radical (unpaired) electrons. The molecule has 1 heterocycles. The number of aliphatic hydroxyl groups excluding tert-OH is 1. The number of fused-ring (bicyclic) bond motifs is 1. The molecule has 0 aromatic heterocycles. The molecule has 0 aliphatic carbocycles. The fraction of sp³-hybridized carbons (Fsp3) is 0.167. The molecule has 2 aromatic rings. The average molecular weight is 321 g/mol. The first-order chi connectivity index (χ1) is 11.6. The lowest BCUT2D eigenvalue weighted by Gasteiger charge is -2.19. The smallest absolute Gasteiger partial charge is 0.261 e. The highest BCUT2D eigenvalue weighted by Crippen LogP contribution is 2.22. The lowest BCUT2D eigenvalue weighted by atomic mass is 10.1. The van der Waals surface area contributed by atoms with Crippen molar-refractivity contribution in [1.29, 1.82) is 0 Å². The summed E-state index contributed by atoms with van der Waals surface area (Å²) in [7, 11) is 0. The van der Waals surface area contributed by atoms with Crippen molar-refractivity contribution in [2.75, 3.05) is 18.4 Å². The Morgan fingerprint density at radius 3 is 2.17 bits per heavy atom. The van der Waals surface area contributed by atoms with Crippen molar-refractivity contribution < 1.29 is 14.7 Å². The fourth-order valence-corrected chi connectivity index (χ4v) is 2.57. The molecule has 2 N–H and O–H groups in total. The number of β-amino-alcohol motifs (C(OH)–C–C–N with tert-alkyl or cyclic N) is 1. The second-order valence-corrected chi connectivity index (χ2v) is 5.46. The van der Waals surface area contributed by atoms with Gasteiger partial charge in [-0.25, -0.2) is 4.85 Å². The van der Waals surface area contributed by atoms with Gasteiger partial charge >= 0.3 is 0 Å². The van der Waals surface area contributed by atoms with Gasteiger partial charge in [0, 0.05) is 12.2 Å². The molecule has 6 heteroatoms. The van der Waals surface area contributed by atoms with E-state index in [0.29, 0.717) is 16.8 Å². The van der Waals surface area contributed by atoms with Crippen LogP contribution < -0.4 is 5.32 Å². The molecule has 0 unspecified atom stereocenters. The zero-order valence-electron chi connectivity index (χ0n) is 12.8. The molecular formula is C18H15N3O3. The van der Waals surface area contributed by atoms with Crippen LogP contribution in [0.2, 0.25) is 0 Å². The number of nitrogens with one attached hydrogen (secondary N) is 1. The van der Waals surface area contributed by atoms with Gasteiger partial charge in [-0.3, -0.25) is 14.5 Å². The van der Waals surface area contributed by atoms with Gasteiger partial charge < -0.3 is 10.4 Å². The van der Waals surface area contributed by atoms with Crippen LogP contribution >= 0.6 is 0 Å². The van der Waals surface area contributed by atoms with E-state index in [1.54, 1.807) is 48.5 Å². The number of nitrogens with zero attached hydrogens (tertiary/aromatic N) is 2. The van der Waals surface area contributed by atoms with E-state index in [4.69, 9.17) is 6.57 Å². The third kappa shape index (κ3) is 2.98. The van der Waals surface area contributed by atoms with Crippen LogP contribution in [-0.2, 0) is 0 Å². The van der Waals surface area contributed by atoms with E-state index in [0.717, 1.165) is 10.6 Å². The summed E-state index contributed by atoms with van der Waals surface area (Å²) >= 11 is 0. The van der Waals surface area contributed by atoms with E-state index >= 15 is 0 Å².